The molecule has 1 unspecified atom stereocenters. The SMILES string of the molecule is Oc1ccc(C2=NNC(c3cccs3)C2)cc1. The minimum absolute atomic E-state index is 0.287. The standard InChI is InChI=1S/C13H12N2OS/c16-10-5-3-9(4-6-10)11-8-12(15-14-11)13-2-1-7-17-13/h1-7,12,15-16H,8H2. The second-order valence-electron chi connectivity index (χ2n) is 4.01. The molecule has 3 rings (SSSR count). The van der Waals surface area contributed by atoms with Crippen LogP contribution in [0.15, 0.2) is 46.9 Å². The quantitative estimate of drug-likeness (QED) is 0.853. The number of nitrogens with zero attached hydrogens (tertiary/aromatic N) is 1. The van der Waals surface area contributed by atoms with Crippen molar-refractivity contribution in [1.82, 2.24) is 5.43 Å². The molecule has 4 heteroatoms. The van der Waals surface area contributed by atoms with Crippen LogP contribution in [0.1, 0.15) is 22.9 Å². The Morgan fingerprint density at radius 3 is 2.76 bits per heavy atom. The van der Waals surface area contributed by atoms with E-state index in [2.05, 4.69) is 28.0 Å². The minimum Gasteiger partial charge on any atom is -0.508 e. The zero-order valence-corrected chi connectivity index (χ0v) is 9.95. The Bertz CT molecular complexity index is 531. The summed E-state index contributed by atoms with van der Waals surface area (Å²) in [5, 5.41) is 15.7. The molecule has 1 aromatic heterocycles. The van der Waals surface area contributed by atoms with E-state index >= 15 is 0 Å². The molecule has 0 aliphatic carbocycles. The van der Waals surface area contributed by atoms with Crippen molar-refractivity contribution in [3.8, 4) is 5.75 Å². The van der Waals surface area contributed by atoms with Gasteiger partial charge in [0.1, 0.15) is 5.75 Å². The first-order chi connectivity index (χ1) is 8.33. The first kappa shape index (κ1) is 10.4. The lowest BCUT2D eigenvalue weighted by Crippen LogP contribution is -2.07. The summed E-state index contributed by atoms with van der Waals surface area (Å²) < 4.78 is 0. The van der Waals surface area contributed by atoms with Crippen molar-refractivity contribution < 1.29 is 5.11 Å². The van der Waals surface area contributed by atoms with Gasteiger partial charge in [-0.15, -0.1) is 11.3 Å². The summed E-state index contributed by atoms with van der Waals surface area (Å²) in [4.78, 5) is 1.31. The third kappa shape index (κ3) is 2.03. The predicted molar refractivity (Wildman–Crippen MR) is 69.5 cm³/mol. The van der Waals surface area contributed by atoms with Gasteiger partial charge in [-0.3, -0.25) is 0 Å². The van der Waals surface area contributed by atoms with Crippen molar-refractivity contribution >= 4 is 17.0 Å². The molecular weight excluding hydrogens is 232 g/mol. The normalized spacial score (nSPS) is 18.8. The molecule has 1 aliphatic heterocycles. The van der Waals surface area contributed by atoms with E-state index in [1.165, 1.54) is 4.88 Å². The first-order valence-corrected chi connectivity index (χ1v) is 6.36. The smallest absolute Gasteiger partial charge is 0.115 e. The third-order valence-corrected chi connectivity index (χ3v) is 3.83. The summed E-state index contributed by atoms with van der Waals surface area (Å²) in [6, 6.07) is 11.6. The van der Waals surface area contributed by atoms with Gasteiger partial charge in [-0.2, -0.15) is 5.10 Å². The van der Waals surface area contributed by atoms with Crippen LogP contribution in [-0.4, -0.2) is 10.8 Å². The number of rotatable bonds is 2. The highest BCUT2D eigenvalue weighted by Crippen LogP contribution is 2.27. The van der Waals surface area contributed by atoms with Gasteiger partial charge in [-0.25, -0.2) is 0 Å². The van der Waals surface area contributed by atoms with E-state index in [-0.39, 0.29) is 5.75 Å². The fraction of sp³-hybridized carbons (Fsp3) is 0.154. The highest BCUT2D eigenvalue weighted by Gasteiger charge is 2.21. The van der Waals surface area contributed by atoms with Gasteiger partial charge >= 0.3 is 0 Å². The van der Waals surface area contributed by atoms with Gasteiger partial charge in [0.05, 0.1) is 11.8 Å². The van der Waals surface area contributed by atoms with Gasteiger partial charge in [0.25, 0.3) is 0 Å². The van der Waals surface area contributed by atoms with E-state index in [0.717, 1.165) is 17.7 Å². The molecule has 0 amide bonds. The van der Waals surface area contributed by atoms with E-state index in [0.29, 0.717) is 6.04 Å². The van der Waals surface area contributed by atoms with Crippen molar-refractivity contribution in [2.24, 2.45) is 5.10 Å². The molecule has 1 atom stereocenters. The van der Waals surface area contributed by atoms with Crippen LogP contribution in [0, 0.1) is 0 Å². The van der Waals surface area contributed by atoms with Gasteiger partial charge in [-0.1, -0.05) is 6.07 Å². The van der Waals surface area contributed by atoms with Gasteiger partial charge in [0.2, 0.25) is 0 Å². The van der Waals surface area contributed by atoms with Crippen LogP contribution < -0.4 is 5.43 Å². The third-order valence-electron chi connectivity index (χ3n) is 2.84. The van der Waals surface area contributed by atoms with Gasteiger partial charge in [-0.05, 0) is 41.3 Å². The molecule has 17 heavy (non-hydrogen) atoms. The lowest BCUT2D eigenvalue weighted by Gasteiger charge is -2.06. The van der Waals surface area contributed by atoms with Crippen LogP contribution in [0.2, 0.25) is 0 Å². The summed E-state index contributed by atoms with van der Waals surface area (Å²) >= 11 is 1.74. The van der Waals surface area contributed by atoms with Gasteiger partial charge in [0, 0.05) is 11.3 Å². The van der Waals surface area contributed by atoms with Crippen LogP contribution in [0.3, 0.4) is 0 Å². The predicted octanol–water partition coefficient (Wildman–Crippen LogP) is 2.89. The molecule has 1 aliphatic rings. The topological polar surface area (TPSA) is 44.6 Å². The van der Waals surface area contributed by atoms with Gasteiger partial charge in [0.15, 0.2) is 0 Å². The fourth-order valence-corrected chi connectivity index (χ4v) is 2.70. The monoisotopic (exact) mass is 244 g/mol. The van der Waals surface area contributed by atoms with Crippen molar-refractivity contribution in [2.75, 3.05) is 0 Å². The molecule has 86 valence electrons. The van der Waals surface area contributed by atoms with Crippen molar-refractivity contribution in [2.45, 2.75) is 12.5 Å². The molecule has 0 saturated heterocycles. The molecule has 1 aromatic carbocycles. The highest BCUT2D eigenvalue weighted by atomic mass is 32.1. The zero-order valence-electron chi connectivity index (χ0n) is 9.13. The molecule has 2 heterocycles. The Balaban J connectivity index is 1.77. The van der Waals surface area contributed by atoms with Crippen molar-refractivity contribution in [3.63, 3.8) is 0 Å². The second-order valence-corrected chi connectivity index (χ2v) is 4.99. The summed E-state index contributed by atoms with van der Waals surface area (Å²) in [5.41, 5.74) is 5.27. The fourth-order valence-electron chi connectivity index (χ4n) is 1.93. The molecule has 2 aromatic rings. The Kier molecular flexibility index (Phi) is 2.57. The maximum atomic E-state index is 9.25. The maximum absolute atomic E-state index is 9.25. The lowest BCUT2D eigenvalue weighted by atomic mass is 10.0. The molecule has 2 N–H and O–H groups in total. The molecule has 0 bridgehead atoms. The van der Waals surface area contributed by atoms with Crippen LogP contribution in [0.25, 0.3) is 0 Å². The number of phenolic OH excluding ortho intramolecular Hbond substituents is 1. The molecule has 0 radical (unpaired) electrons. The second kappa shape index (κ2) is 4.22. The van der Waals surface area contributed by atoms with Crippen LogP contribution in [0.4, 0.5) is 0 Å². The number of aromatic hydroxyl groups is 1. The molecular formula is C13H12N2OS. The number of benzene rings is 1. The first-order valence-electron chi connectivity index (χ1n) is 5.48. The molecule has 0 saturated carbocycles. The number of phenols is 1. The number of hydrazone groups is 1. The summed E-state index contributed by atoms with van der Waals surface area (Å²) in [5.74, 6) is 0.287. The maximum Gasteiger partial charge on any atom is 0.115 e. The number of thiophene rings is 1. The van der Waals surface area contributed by atoms with Crippen molar-refractivity contribution in [1.29, 1.82) is 0 Å². The van der Waals surface area contributed by atoms with E-state index in [9.17, 15) is 5.11 Å². The minimum atomic E-state index is 0.287. The summed E-state index contributed by atoms with van der Waals surface area (Å²) in [7, 11) is 0. The largest absolute Gasteiger partial charge is 0.508 e. The summed E-state index contributed by atoms with van der Waals surface area (Å²) in [6.45, 7) is 0. The van der Waals surface area contributed by atoms with E-state index in [1.54, 1.807) is 23.5 Å². The Morgan fingerprint density at radius 1 is 1.24 bits per heavy atom. The molecule has 0 fully saturated rings. The van der Waals surface area contributed by atoms with Crippen LogP contribution in [0.5, 0.6) is 5.75 Å². The summed E-state index contributed by atoms with van der Waals surface area (Å²) in [6.07, 6.45) is 0.894. The van der Waals surface area contributed by atoms with Crippen LogP contribution in [-0.2, 0) is 0 Å². The number of nitrogens with one attached hydrogen (secondary N) is 1. The molecule has 3 nitrogen and oxygen atoms in total. The molecule has 0 spiro atoms. The average molecular weight is 244 g/mol. The lowest BCUT2D eigenvalue weighted by molar-refractivity contribution is 0.475. The van der Waals surface area contributed by atoms with Crippen LogP contribution >= 0.6 is 11.3 Å². The van der Waals surface area contributed by atoms with E-state index in [1.807, 2.05) is 12.1 Å². The highest BCUT2D eigenvalue weighted by molar-refractivity contribution is 7.10. The Hall–Kier alpha value is -1.81. The Morgan fingerprint density at radius 2 is 2.06 bits per heavy atom. The number of hydrogen-bond acceptors (Lipinski definition) is 4. The van der Waals surface area contributed by atoms with E-state index in [4.69, 9.17) is 0 Å². The van der Waals surface area contributed by atoms with Crippen molar-refractivity contribution in [3.05, 3.63) is 52.2 Å². The Labute approximate surface area is 103 Å². The van der Waals surface area contributed by atoms with Gasteiger partial charge < -0.3 is 10.5 Å². The van der Waals surface area contributed by atoms with E-state index < -0.39 is 0 Å². The number of hydrogen-bond donors (Lipinski definition) is 2. The average Bonchev–Trinajstić information content (AvgIpc) is 3.00. The zero-order chi connectivity index (χ0) is 11.7.